The van der Waals surface area contributed by atoms with Gasteiger partial charge >= 0.3 is 0 Å². The van der Waals surface area contributed by atoms with Crippen LogP contribution in [0.25, 0.3) is 11.2 Å². The zero-order valence-electron chi connectivity index (χ0n) is 14.4. The van der Waals surface area contributed by atoms with Gasteiger partial charge in [0.1, 0.15) is 15.6 Å². The molecule has 0 aliphatic rings. The summed E-state index contributed by atoms with van der Waals surface area (Å²) in [6.45, 7) is 0. The van der Waals surface area contributed by atoms with Gasteiger partial charge in [-0.1, -0.05) is 23.7 Å². The van der Waals surface area contributed by atoms with Gasteiger partial charge in [0, 0.05) is 0 Å². The molecule has 2 aromatic heterocycles. The van der Waals surface area contributed by atoms with Crippen LogP contribution in [0.2, 0.25) is 0 Å². The van der Waals surface area contributed by atoms with Gasteiger partial charge in [-0.25, -0.2) is 19.3 Å². The predicted octanol–water partition coefficient (Wildman–Crippen LogP) is 4.05. The fraction of sp³-hybridized carbons (Fsp3) is 0.214. The van der Waals surface area contributed by atoms with E-state index < -0.39 is 11.9 Å². The number of nitrogens with zero attached hydrogens (tertiary/aromatic N) is 4. The first-order chi connectivity index (χ1) is 13.6. The molecule has 2 unspecified atom stereocenters. The summed E-state index contributed by atoms with van der Waals surface area (Å²) >= 11 is 8.34. The Morgan fingerprint density at radius 2 is 2.17 bits per heavy atom. The van der Waals surface area contributed by atoms with Crippen molar-refractivity contribution >= 4 is 73.9 Å². The highest BCUT2D eigenvalue weighted by Gasteiger charge is 2.48. The van der Waals surface area contributed by atoms with Crippen molar-refractivity contribution in [2.24, 2.45) is 5.73 Å². The van der Waals surface area contributed by atoms with Crippen molar-refractivity contribution < 1.29 is 13.5 Å². The fourth-order valence-corrected chi connectivity index (χ4v) is 5.53. The quantitative estimate of drug-likeness (QED) is 0.130. The van der Waals surface area contributed by atoms with Gasteiger partial charge in [0.25, 0.3) is 15.3 Å². The van der Waals surface area contributed by atoms with Gasteiger partial charge in [-0.3, -0.25) is 15.8 Å². The molecule has 10 nitrogen and oxygen atoms in total. The molecule has 154 valence electrons. The highest BCUT2D eigenvalue weighted by molar-refractivity contribution is 9.12. The Morgan fingerprint density at radius 1 is 1.45 bits per heavy atom. The molecular weight excluding hydrogens is 513 g/mol. The smallest absolute Gasteiger partial charge is 0.287 e. The van der Waals surface area contributed by atoms with Gasteiger partial charge < -0.3 is 15.0 Å². The highest BCUT2D eigenvalue weighted by atomic mass is 79.9. The van der Waals surface area contributed by atoms with Crippen molar-refractivity contribution in [2.75, 3.05) is 12.4 Å². The van der Waals surface area contributed by atoms with Crippen molar-refractivity contribution in [1.82, 2.24) is 19.9 Å². The Bertz CT molecular complexity index is 1050. The fourth-order valence-electron chi connectivity index (χ4n) is 2.34. The SMILES string of the molecule is COc1ccccc1Nc1nc(C(N)(S[N+](=O)[O-])SC(F)(Cl)Br)nc2nc[nH]c12. The number of anilines is 2. The number of alkyl halides is 3. The van der Waals surface area contributed by atoms with Crippen LogP contribution in [0.5, 0.6) is 5.75 Å². The Kier molecular flexibility index (Phi) is 6.38. The predicted molar refractivity (Wildman–Crippen MR) is 115 cm³/mol. The van der Waals surface area contributed by atoms with E-state index >= 15 is 0 Å². The molecule has 2 heterocycles. The van der Waals surface area contributed by atoms with Gasteiger partial charge in [0.15, 0.2) is 17.3 Å². The van der Waals surface area contributed by atoms with Crippen LogP contribution in [-0.4, -0.2) is 34.7 Å². The monoisotopic (exact) mass is 523 g/mol. The third-order valence-electron chi connectivity index (χ3n) is 3.43. The molecule has 3 aromatic rings. The van der Waals surface area contributed by atoms with Gasteiger partial charge in [-0.2, -0.15) is 0 Å². The number of nitrogens with one attached hydrogen (secondary N) is 2. The van der Waals surface area contributed by atoms with Gasteiger partial charge in [-0.15, -0.1) is 0 Å². The lowest BCUT2D eigenvalue weighted by atomic mass is 10.3. The van der Waals surface area contributed by atoms with Gasteiger partial charge in [-0.05, 0) is 39.8 Å². The molecule has 0 fully saturated rings. The molecule has 0 radical (unpaired) electrons. The number of benzene rings is 1. The molecule has 0 saturated carbocycles. The lowest BCUT2D eigenvalue weighted by Gasteiger charge is -2.24. The number of ether oxygens (including phenoxy) is 1. The lowest BCUT2D eigenvalue weighted by molar-refractivity contribution is -0.285. The maximum Gasteiger partial charge on any atom is 0.287 e. The van der Waals surface area contributed by atoms with E-state index in [1.165, 1.54) is 13.4 Å². The number of nitro groups is 1. The first-order valence-corrected chi connectivity index (χ1v) is 10.4. The topological polar surface area (TPSA) is 145 Å². The summed E-state index contributed by atoms with van der Waals surface area (Å²) in [6.07, 6.45) is 1.37. The van der Waals surface area contributed by atoms with Crippen molar-refractivity contribution in [3.05, 3.63) is 46.5 Å². The molecule has 0 bridgehead atoms. The normalized spacial score (nSPS) is 15.5. The average Bonchev–Trinajstić information content (AvgIpc) is 3.09. The zero-order chi connectivity index (χ0) is 21.2. The highest BCUT2D eigenvalue weighted by Crippen LogP contribution is 2.52. The van der Waals surface area contributed by atoms with E-state index in [2.05, 4.69) is 41.2 Å². The van der Waals surface area contributed by atoms with E-state index in [9.17, 15) is 14.5 Å². The van der Waals surface area contributed by atoms with E-state index in [0.29, 0.717) is 17.0 Å². The summed E-state index contributed by atoms with van der Waals surface area (Å²) in [6, 6.07) is 7.03. The molecule has 0 aliphatic carbocycles. The molecule has 0 aliphatic heterocycles. The van der Waals surface area contributed by atoms with Crippen LogP contribution >= 0.6 is 51.2 Å². The zero-order valence-corrected chi connectivity index (χ0v) is 18.4. The number of H-pyrrole nitrogens is 1. The summed E-state index contributed by atoms with van der Waals surface area (Å²) in [5, 5.41) is 14.2. The Hall–Kier alpha value is -1.87. The number of imidazole rings is 1. The number of nitrogens with two attached hydrogens (primary N) is 1. The standard InChI is InChI=1S/C14H12BrClFN7O3S2/c1-27-8-5-3-2-4-7(8)21-11-9-10(20-6-19-9)22-12(23-11)13(18,29-24(25)26)28-14(15,16)17/h2-6H,18H2,1H3,(H2,19,20,21,22,23). The van der Waals surface area contributed by atoms with Crippen molar-refractivity contribution in [3.8, 4) is 5.75 Å². The summed E-state index contributed by atoms with van der Waals surface area (Å²) in [5.41, 5.74) is 7.24. The molecule has 15 heteroatoms. The first-order valence-electron chi connectivity index (χ1n) is 7.62. The molecule has 4 N–H and O–H groups in total. The Balaban J connectivity index is 2.12. The van der Waals surface area contributed by atoms with Crippen molar-refractivity contribution in [3.63, 3.8) is 0 Å². The molecule has 1 aromatic carbocycles. The third kappa shape index (κ3) is 5.19. The minimum Gasteiger partial charge on any atom is -0.495 e. The molecule has 29 heavy (non-hydrogen) atoms. The number of methoxy groups -OCH3 is 1. The number of hydrogen-bond donors (Lipinski definition) is 3. The van der Waals surface area contributed by atoms with E-state index in [0.717, 1.165) is 0 Å². The number of halogens is 3. The van der Waals surface area contributed by atoms with Crippen molar-refractivity contribution in [1.29, 1.82) is 0 Å². The van der Waals surface area contributed by atoms with Crippen LogP contribution in [-0.2, 0) is 4.20 Å². The number of fused-ring (bicyclic) bond motifs is 1. The maximum absolute atomic E-state index is 14.0. The number of aromatic nitrogens is 4. The summed E-state index contributed by atoms with van der Waals surface area (Å²) in [4.78, 5) is 26.5. The van der Waals surface area contributed by atoms with Crippen LogP contribution in [0.4, 0.5) is 15.9 Å². The van der Waals surface area contributed by atoms with Crippen molar-refractivity contribution in [2.45, 2.75) is 7.57 Å². The van der Waals surface area contributed by atoms with Crippen LogP contribution in [0.3, 0.4) is 0 Å². The number of para-hydroxylation sites is 2. The number of aromatic amines is 1. The van der Waals surface area contributed by atoms with Gasteiger partial charge in [0.2, 0.25) is 4.20 Å². The van der Waals surface area contributed by atoms with E-state index in [4.69, 9.17) is 22.1 Å². The number of hydrogen-bond acceptors (Lipinski definition) is 10. The van der Waals surface area contributed by atoms with Crippen LogP contribution in [0.15, 0.2) is 30.6 Å². The first kappa shape index (κ1) is 21.8. The Labute approximate surface area is 185 Å². The molecule has 0 saturated heterocycles. The van der Waals surface area contributed by atoms with Crippen LogP contribution < -0.4 is 15.8 Å². The largest absolute Gasteiger partial charge is 0.495 e. The number of rotatable bonds is 8. The van der Waals surface area contributed by atoms with Crippen LogP contribution in [0.1, 0.15) is 5.82 Å². The second-order valence-electron chi connectivity index (χ2n) is 5.35. The summed E-state index contributed by atoms with van der Waals surface area (Å²) < 4.78 is 13.9. The summed E-state index contributed by atoms with van der Waals surface area (Å²) in [5.74, 6) is 0.473. The molecule has 2 atom stereocenters. The average molecular weight is 525 g/mol. The summed E-state index contributed by atoms with van der Waals surface area (Å²) in [7, 11) is 1.50. The Morgan fingerprint density at radius 3 is 2.83 bits per heavy atom. The second kappa shape index (κ2) is 8.47. The maximum atomic E-state index is 14.0. The lowest BCUT2D eigenvalue weighted by Crippen LogP contribution is -2.35. The number of thioether (sulfide) groups is 1. The van der Waals surface area contributed by atoms with E-state index in [1.807, 2.05) is 0 Å². The van der Waals surface area contributed by atoms with E-state index in [1.54, 1.807) is 24.3 Å². The van der Waals surface area contributed by atoms with Gasteiger partial charge in [0.05, 0.1) is 19.1 Å². The molecule has 3 rings (SSSR count). The van der Waals surface area contributed by atoms with Crippen LogP contribution in [0, 0.1) is 10.1 Å². The van der Waals surface area contributed by atoms with E-state index in [-0.39, 0.29) is 41.0 Å². The minimum atomic E-state index is -2.59. The molecule has 0 spiro atoms. The molecule has 0 amide bonds. The minimum absolute atomic E-state index is 0.00872. The molecular formula is C14H12BrClFN7O3S2. The second-order valence-corrected chi connectivity index (χ2v) is 11.0. The third-order valence-corrected chi connectivity index (χ3v) is 5.95.